The molecule has 6 nitrogen and oxygen atoms in total. The third-order valence-corrected chi connectivity index (χ3v) is 5.78. The molecule has 0 amide bonds. The number of imidazole rings is 1. The number of hydrogen-bond donors (Lipinski definition) is 0. The lowest BCUT2D eigenvalue weighted by Gasteiger charge is -1.98. The van der Waals surface area contributed by atoms with Crippen molar-refractivity contribution in [1.29, 1.82) is 0 Å². The summed E-state index contributed by atoms with van der Waals surface area (Å²) in [6.07, 6.45) is 1.66. The van der Waals surface area contributed by atoms with Crippen molar-refractivity contribution in [3.05, 3.63) is 76.5 Å². The van der Waals surface area contributed by atoms with Crippen LogP contribution >= 0.6 is 27.3 Å². The van der Waals surface area contributed by atoms with Gasteiger partial charge in [-0.3, -0.25) is 14.9 Å². The fraction of sp³-hybridized carbons (Fsp3) is 0.111. The molecule has 0 saturated carbocycles. The molecule has 0 saturated heterocycles. The number of benzene rings is 2. The van der Waals surface area contributed by atoms with Crippen LogP contribution in [0, 0.1) is 24.0 Å². The van der Waals surface area contributed by atoms with Crippen LogP contribution in [0.25, 0.3) is 22.1 Å². The zero-order valence-electron chi connectivity index (χ0n) is 13.8. The molecule has 2 aromatic carbocycles. The van der Waals surface area contributed by atoms with Gasteiger partial charge in [0, 0.05) is 6.07 Å². The van der Waals surface area contributed by atoms with Gasteiger partial charge in [-0.1, -0.05) is 23.5 Å². The number of rotatable bonds is 2. The van der Waals surface area contributed by atoms with Crippen LogP contribution in [0.5, 0.6) is 0 Å². The van der Waals surface area contributed by atoms with E-state index in [-0.39, 0.29) is 11.2 Å². The van der Waals surface area contributed by atoms with E-state index in [0.717, 1.165) is 22.2 Å². The van der Waals surface area contributed by atoms with Gasteiger partial charge < -0.3 is 0 Å². The van der Waals surface area contributed by atoms with Crippen LogP contribution in [0.1, 0.15) is 16.7 Å². The van der Waals surface area contributed by atoms with Crippen molar-refractivity contribution in [2.75, 3.05) is 0 Å². The molecule has 0 N–H and O–H groups in total. The molecular weight excluding hydrogens is 418 g/mol. The van der Waals surface area contributed by atoms with Crippen LogP contribution in [-0.4, -0.2) is 14.3 Å². The summed E-state index contributed by atoms with van der Waals surface area (Å²) >= 11 is 4.44. The summed E-state index contributed by atoms with van der Waals surface area (Å²) in [6, 6.07) is 8.77. The fourth-order valence-corrected chi connectivity index (χ4v) is 4.39. The van der Waals surface area contributed by atoms with Crippen LogP contribution < -0.4 is 10.1 Å². The monoisotopic (exact) mass is 429 g/mol. The molecule has 0 bridgehead atoms. The van der Waals surface area contributed by atoms with Crippen LogP contribution in [0.15, 0.2) is 39.6 Å². The Bertz CT molecular complexity index is 1320. The van der Waals surface area contributed by atoms with Crippen molar-refractivity contribution in [3.63, 3.8) is 0 Å². The predicted molar refractivity (Wildman–Crippen MR) is 106 cm³/mol. The lowest BCUT2D eigenvalue weighted by Crippen LogP contribution is -2.22. The first-order chi connectivity index (χ1) is 12.3. The molecule has 0 aliphatic carbocycles. The number of fused-ring (bicyclic) bond motifs is 3. The average Bonchev–Trinajstić information content (AvgIpc) is 3.07. The lowest BCUT2D eigenvalue weighted by atomic mass is 10.1. The van der Waals surface area contributed by atoms with Gasteiger partial charge in [0.15, 0.2) is 4.96 Å². The quantitative estimate of drug-likeness (QED) is 0.359. The molecule has 0 unspecified atom stereocenters. The first-order valence-corrected chi connectivity index (χ1v) is 9.34. The van der Waals surface area contributed by atoms with Crippen molar-refractivity contribution in [3.8, 4) is 0 Å². The second-order valence-electron chi connectivity index (χ2n) is 6.06. The zero-order valence-corrected chi connectivity index (χ0v) is 16.2. The highest BCUT2D eigenvalue weighted by atomic mass is 79.9. The van der Waals surface area contributed by atoms with E-state index in [4.69, 9.17) is 0 Å². The Balaban J connectivity index is 1.97. The van der Waals surface area contributed by atoms with Gasteiger partial charge in [0.05, 0.1) is 25.0 Å². The normalized spacial score (nSPS) is 12.3. The number of nitro groups is 1. The maximum atomic E-state index is 12.9. The second-order valence-corrected chi connectivity index (χ2v) is 7.93. The van der Waals surface area contributed by atoms with E-state index in [2.05, 4.69) is 20.9 Å². The minimum atomic E-state index is -0.459. The third-order valence-electron chi connectivity index (χ3n) is 4.14. The minimum Gasteiger partial charge on any atom is -0.267 e. The van der Waals surface area contributed by atoms with E-state index in [0.29, 0.717) is 19.5 Å². The van der Waals surface area contributed by atoms with Crippen molar-refractivity contribution >= 4 is 55.0 Å². The SMILES string of the molecule is Cc1cc(C)c2nc3s/c(=C\c4ccc(Br)c([N+](=O)[O-])c4)c(=O)n3c2c1. The highest BCUT2D eigenvalue weighted by Gasteiger charge is 2.14. The number of nitrogens with zero attached hydrogens (tertiary/aromatic N) is 3. The molecule has 0 aliphatic heterocycles. The maximum absolute atomic E-state index is 12.9. The van der Waals surface area contributed by atoms with Gasteiger partial charge >= 0.3 is 0 Å². The van der Waals surface area contributed by atoms with Gasteiger partial charge in [-0.2, -0.15) is 0 Å². The van der Waals surface area contributed by atoms with Gasteiger partial charge in [0.1, 0.15) is 0 Å². The summed E-state index contributed by atoms with van der Waals surface area (Å²) in [5.41, 5.74) is 4.11. The molecule has 0 atom stereocenters. The Kier molecular flexibility index (Phi) is 3.89. The van der Waals surface area contributed by atoms with E-state index in [9.17, 15) is 14.9 Å². The van der Waals surface area contributed by atoms with Crippen molar-refractivity contribution in [2.45, 2.75) is 13.8 Å². The fourth-order valence-electron chi connectivity index (χ4n) is 3.02. The summed E-state index contributed by atoms with van der Waals surface area (Å²) in [7, 11) is 0. The molecule has 0 radical (unpaired) electrons. The number of halogens is 1. The first-order valence-electron chi connectivity index (χ1n) is 7.73. The van der Waals surface area contributed by atoms with Crippen LogP contribution in [-0.2, 0) is 0 Å². The number of aryl methyl sites for hydroxylation is 2. The number of aromatic nitrogens is 2. The Labute approximate surface area is 159 Å². The average molecular weight is 430 g/mol. The number of thiazole rings is 1. The van der Waals surface area contributed by atoms with Crippen molar-refractivity contribution in [1.82, 2.24) is 9.38 Å². The smallest absolute Gasteiger partial charge is 0.267 e. The molecular formula is C18H12BrN3O3S. The summed E-state index contributed by atoms with van der Waals surface area (Å²) in [6.45, 7) is 3.96. The summed E-state index contributed by atoms with van der Waals surface area (Å²) < 4.78 is 2.50. The van der Waals surface area contributed by atoms with E-state index in [1.54, 1.807) is 22.6 Å². The topological polar surface area (TPSA) is 77.5 Å². The largest absolute Gasteiger partial charge is 0.284 e. The number of hydrogen-bond acceptors (Lipinski definition) is 5. The van der Waals surface area contributed by atoms with E-state index < -0.39 is 4.92 Å². The van der Waals surface area contributed by atoms with Crippen molar-refractivity contribution in [2.24, 2.45) is 0 Å². The van der Waals surface area contributed by atoms with Crippen molar-refractivity contribution < 1.29 is 4.92 Å². The van der Waals surface area contributed by atoms with E-state index in [1.807, 2.05) is 26.0 Å². The highest BCUT2D eigenvalue weighted by Crippen LogP contribution is 2.26. The van der Waals surface area contributed by atoms with Crippen LogP contribution in [0.4, 0.5) is 5.69 Å². The molecule has 4 rings (SSSR count). The van der Waals surface area contributed by atoms with E-state index >= 15 is 0 Å². The predicted octanol–water partition coefficient (Wildman–Crippen LogP) is 3.74. The lowest BCUT2D eigenvalue weighted by molar-refractivity contribution is -0.385. The molecule has 2 aromatic heterocycles. The van der Waals surface area contributed by atoms with Gasteiger partial charge in [-0.05, 0) is 64.7 Å². The summed E-state index contributed by atoms with van der Waals surface area (Å²) in [5, 5.41) is 11.1. The summed E-state index contributed by atoms with van der Waals surface area (Å²) in [5.74, 6) is 0. The highest BCUT2D eigenvalue weighted by molar-refractivity contribution is 9.10. The van der Waals surface area contributed by atoms with Crippen LogP contribution in [0.3, 0.4) is 0 Å². The molecule has 0 fully saturated rings. The molecule has 2 heterocycles. The van der Waals surface area contributed by atoms with Gasteiger partial charge in [-0.25, -0.2) is 9.38 Å². The third kappa shape index (κ3) is 2.62. The molecule has 8 heteroatoms. The maximum Gasteiger partial charge on any atom is 0.284 e. The molecule has 0 aliphatic rings. The first kappa shape index (κ1) is 16.9. The Morgan fingerprint density at radius 1 is 1.27 bits per heavy atom. The van der Waals surface area contributed by atoms with Gasteiger partial charge in [-0.15, -0.1) is 0 Å². The van der Waals surface area contributed by atoms with Crippen LogP contribution in [0.2, 0.25) is 0 Å². The number of nitro benzene ring substituents is 1. The minimum absolute atomic E-state index is 0.0377. The second kappa shape index (κ2) is 6.00. The Hall–Kier alpha value is -2.58. The molecule has 0 spiro atoms. The van der Waals surface area contributed by atoms with Gasteiger partial charge in [0.2, 0.25) is 0 Å². The van der Waals surface area contributed by atoms with Gasteiger partial charge in [0.25, 0.3) is 11.2 Å². The molecule has 26 heavy (non-hydrogen) atoms. The Morgan fingerprint density at radius 2 is 2.04 bits per heavy atom. The summed E-state index contributed by atoms with van der Waals surface area (Å²) in [4.78, 5) is 28.7. The standard InChI is InChI=1S/C18H12BrN3O3S/c1-9-5-10(2)16-14(6-9)21-17(23)15(26-18(21)20-16)8-11-3-4-12(19)13(7-11)22(24)25/h3-8H,1-2H3/b15-8-. The zero-order chi connectivity index (χ0) is 18.6. The Morgan fingerprint density at radius 3 is 2.77 bits per heavy atom. The van der Waals surface area contributed by atoms with E-state index in [1.165, 1.54) is 17.4 Å². The molecule has 4 aromatic rings. The molecule has 130 valence electrons.